The Hall–Kier alpha value is -0.120. The lowest BCUT2D eigenvalue weighted by Crippen LogP contribution is -2.43. The van der Waals surface area contributed by atoms with Gasteiger partial charge in [-0.25, -0.2) is 0 Å². The average Bonchev–Trinajstić information content (AvgIpc) is 2.42. The Morgan fingerprint density at radius 3 is 3.00 bits per heavy atom. The van der Waals surface area contributed by atoms with Crippen LogP contribution in [0.4, 0.5) is 0 Å². The van der Waals surface area contributed by atoms with Gasteiger partial charge in [0, 0.05) is 18.9 Å². The summed E-state index contributed by atoms with van der Waals surface area (Å²) in [5, 5.41) is 10.1. The molecule has 1 heterocycles. The first-order chi connectivity index (χ1) is 5.72. The lowest BCUT2D eigenvalue weighted by molar-refractivity contribution is -0.221. The summed E-state index contributed by atoms with van der Waals surface area (Å²) in [6, 6.07) is 0. The summed E-state index contributed by atoms with van der Waals surface area (Å²) in [6.45, 7) is 1.31. The molecule has 3 nitrogen and oxygen atoms in total. The van der Waals surface area contributed by atoms with Crippen LogP contribution in [0.3, 0.4) is 0 Å². The van der Waals surface area contributed by atoms with E-state index in [0.29, 0.717) is 13.2 Å². The van der Waals surface area contributed by atoms with Gasteiger partial charge in [0.1, 0.15) is 0 Å². The van der Waals surface area contributed by atoms with Crippen molar-refractivity contribution in [1.29, 1.82) is 0 Å². The molecule has 1 aliphatic carbocycles. The van der Waals surface area contributed by atoms with Crippen LogP contribution in [0.2, 0.25) is 0 Å². The van der Waals surface area contributed by atoms with Crippen molar-refractivity contribution in [2.45, 2.75) is 31.5 Å². The maximum Gasteiger partial charge on any atom is 0.173 e. The molecule has 0 amide bonds. The molecule has 2 aliphatic rings. The molecule has 1 saturated carbocycles. The second-order valence-electron chi connectivity index (χ2n) is 3.95. The summed E-state index contributed by atoms with van der Waals surface area (Å²) in [5.41, 5.74) is -0.0955. The molecule has 0 aromatic heterocycles. The number of methoxy groups -OCH3 is 1. The third-order valence-electron chi connectivity index (χ3n) is 3.34. The predicted molar refractivity (Wildman–Crippen MR) is 43.7 cm³/mol. The highest BCUT2D eigenvalue weighted by Gasteiger charge is 2.58. The highest BCUT2D eigenvalue weighted by atomic mass is 16.6. The molecular weight excluding hydrogens is 156 g/mol. The maximum atomic E-state index is 10.1. The molecule has 2 fully saturated rings. The van der Waals surface area contributed by atoms with E-state index in [9.17, 15) is 5.11 Å². The van der Waals surface area contributed by atoms with E-state index < -0.39 is 5.79 Å². The Balaban J connectivity index is 2.20. The van der Waals surface area contributed by atoms with Gasteiger partial charge < -0.3 is 14.6 Å². The minimum atomic E-state index is -0.872. The van der Waals surface area contributed by atoms with Crippen molar-refractivity contribution in [3.63, 3.8) is 0 Å². The van der Waals surface area contributed by atoms with Crippen LogP contribution in [0.15, 0.2) is 0 Å². The normalized spacial score (nSPS) is 46.5. The highest BCUT2D eigenvalue weighted by Crippen LogP contribution is 2.53. The van der Waals surface area contributed by atoms with E-state index >= 15 is 0 Å². The van der Waals surface area contributed by atoms with Crippen LogP contribution in [0, 0.1) is 5.41 Å². The summed E-state index contributed by atoms with van der Waals surface area (Å²) in [7, 11) is 1.69. The van der Waals surface area contributed by atoms with Gasteiger partial charge in [0.05, 0.1) is 13.2 Å². The van der Waals surface area contributed by atoms with Crippen molar-refractivity contribution in [3.05, 3.63) is 0 Å². The zero-order valence-electron chi connectivity index (χ0n) is 7.51. The Labute approximate surface area is 72.7 Å². The first-order valence-electron chi connectivity index (χ1n) is 4.58. The van der Waals surface area contributed by atoms with Crippen molar-refractivity contribution >= 4 is 0 Å². The van der Waals surface area contributed by atoms with Crippen molar-refractivity contribution < 1.29 is 14.6 Å². The van der Waals surface area contributed by atoms with Crippen LogP contribution in [-0.2, 0) is 9.47 Å². The molecule has 0 radical (unpaired) electrons. The van der Waals surface area contributed by atoms with E-state index in [0.717, 1.165) is 25.7 Å². The third-order valence-corrected chi connectivity index (χ3v) is 3.34. The molecule has 0 aromatic carbocycles. The Bertz CT molecular complexity index is 169. The van der Waals surface area contributed by atoms with E-state index in [1.54, 1.807) is 7.11 Å². The van der Waals surface area contributed by atoms with Gasteiger partial charge in [-0.15, -0.1) is 0 Å². The number of aliphatic hydroxyl groups is 1. The number of hydrogen-bond donors (Lipinski definition) is 1. The molecule has 0 spiro atoms. The van der Waals surface area contributed by atoms with Crippen molar-refractivity contribution in [3.8, 4) is 0 Å². The SMILES string of the molecule is COCC12CCCC1(O)OCC2. The highest BCUT2D eigenvalue weighted by molar-refractivity contribution is 5.01. The minimum absolute atomic E-state index is 0.0955. The first kappa shape index (κ1) is 8.48. The average molecular weight is 172 g/mol. The van der Waals surface area contributed by atoms with Crippen molar-refractivity contribution in [2.75, 3.05) is 20.3 Å². The van der Waals surface area contributed by atoms with E-state index in [1.165, 1.54) is 0 Å². The fourth-order valence-electron chi connectivity index (χ4n) is 2.62. The fourth-order valence-corrected chi connectivity index (χ4v) is 2.62. The third kappa shape index (κ3) is 0.934. The summed E-state index contributed by atoms with van der Waals surface area (Å²) in [5.74, 6) is -0.872. The van der Waals surface area contributed by atoms with Gasteiger partial charge in [-0.1, -0.05) is 0 Å². The summed E-state index contributed by atoms with van der Waals surface area (Å²) < 4.78 is 10.6. The molecule has 12 heavy (non-hydrogen) atoms. The fraction of sp³-hybridized carbons (Fsp3) is 1.00. The van der Waals surface area contributed by atoms with Gasteiger partial charge in [0.15, 0.2) is 5.79 Å². The van der Waals surface area contributed by atoms with Crippen LogP contribution in [0.5, 0.6) is 0 Å². The molecule has 1 aliphatic heterocycles. The van der Waals surface area contributed by atoms with Crippen LogP contribution in [0.1, 0.15) is 25.7 Å². The molecule has 70 valence electrons. The van der Waals surface area contributed by atoms with Crippen molar-refractivity contribution in [1.82, 2.24) is 0 Å². The lowest BCUT2D eigenvalue weighted by Gasteiger charge is -2.33. The minimum Gasteiger partial charge on any atom is -0.384 e. The summed E-state index contributed by atoms with van der Waals surface area (Å²) >= 11 is 0. The van der Waals surface area contributed by atoms with Gasteiger partial charge in [-0.05, 0) is 19.3 Å². The molecular formula is C9H16O3. The lowest BCUT2D eigenvalue weighted by atomic mass is 9.81. The Morgan fingerprint density at radius 1 is 1.42 bits per heavy atom. The molecule has 2 unspecified atom stereocenters. The zero-order chi connectivity index (χ0) is 8.66. The van der Waals surface area contributed by atoms with E-state index in [1.807, 2.05) is 0 Å². The van der Waals surface area contributed by atoms with Gasteiger partial charge >= 0.3 is 0 Å². The molecule has 1 N–H and O–H groups in total. The number of hydrogen-bond acceptors (Lipinski definition) is 3. The molecule has 3 heteroatoms. The van der Waals surface area contributed by atoms with Crippen LogP contribution in [0.25, 0.3) is 0 Å². The zero-order valence-corrected chi connectivity index (χ0v) is 7.51. The largest absolute Gasteiger partial charge is 0.384 e. The monoisotopic (exact) mass is 172 g/mol. The summed E-state index contributed by atoms with van der Waals surface area (Å²) in [4.78, 5) is 0. The molecule has 2 atom stereocenters. The topological polar surface area (TPSA) is 38.7 Å². The number of ether oxygens (including phenoxy) is 2. The second-order valence-corrected chi connectivity index (χ2v) is 3.95. The summed E-state index contributed by atoms with van der Waals surface area (Å²) in [6.07, 6.45) is 3.81. The van der Waals surface area contributed by atoms with Crippen molar-refractivity contribution in [2.24, 2.45) is 5.41 Å². The maximum absolute atomic E-state index is 10.1. The Morgan fingerprint density at radius 2 is 2.25 bits per heavy atom. The molecule has 2 rings (SSSR count). The second kappa shape index (κ2) is 2.69. The number of rotatable bonds is 2. The first-order valence-corrected chi connectivity index (χ1v) is 4.58. The molecule has 0 bridgehead atoms. The van der Waals surface area contributed by atoms with E-state index in [2.05, 4.69) is 0 Å². The van der Waals surface area contributed by atoms with Gasteiger partial charge in [0.2, 0.25) is 0 Å². The van der Waals surface area contributed by atoms with Gasteiger partial charge in [-0.3, -0.25) is 0 Å². The van der Waals surface area contributed by atoms with E-state index in [-0.39, 0.29) is 5.41 Å². The Kier molecular flexibility index (Phi) is 1.90. The standard InChI is InChI=1S/C9H16O3/c1-11-7-8-3-2-4-9(8,10)12-6-5-8/h10H,2-7H2,1H3. The predicted octanol–water partition coefficient (Wildman–Crippen LogP) is 0.912. The van der Waals surface area contributed by atoms with Crippen LogP contribution < -0.4 is 0 Å². The van der Waals surface area contributed by atoms with Gasteiger partial charge in [-0.2, -0.15) is 0 Å². The van der Waals surface area contributed by atoms with E-state index in [4.69, 9.17) is 9.47 Å². The smallest absolute Gasteiger partial charge is 0.173 e. The van der Waals surface area contributed by atoms with Crippen LogP contribution >= 0.6 is 0 Å². The molecule has 1 saturated heterocycles. The van der Waals surface area contributed by atoms with Gasteiger partial charge in [0.25, 0.3) is 0 Å². The van der Waals surface area contributed by atoms with Crippen LogP contribution in [-0.4, -0.2) is 31.2 Å². The molecule has 0 aromatic rings. The number of fused-ring (bicyclic) bond motifs is 1. The quantitative estimate of drug-likeness (QED) is 0.673.